The summed E-state index contributed by atoms with van der Waals surface area (Å²) in [5.74, 6) is 3.67. The van der Waals surface area contributed by atoms with Gasteiger partial charge in [0, 0.05) is 10.9 Å². The molecular weight excluding hydrogens is 460 g/mol. The van der Waals surface area contributed by atoms with Gasteiger partial charge in [0.1, 0.15) is 18.0 Å². The Bertz CT molecular complexity index is 933. The van der Waals surface area contributed by atoms with Crippen LogP contribution in [0.2, 0.25) is 5.02 Å². The Hall–Kier alpha value is -1.54. The smallest absolute Gasteiger partial charge is 0.119 e. The fraction of sp³-hybridized carbons (Fsp3) is 0.462. The van der Waals surface area contributed by atoms with Crippen LogP contribution in [0.4, 0.5) is 0 Å². The largest absolute Gasteiger partial charge is 0.494 e. The Morgan fingerprint density at radius 3 is 2.52 bits per heavy atom. The highest BCUT2D eigenvalue weighted by Crippen LogP contribution is 2.39. The molecule has 0 bridgehead atoms. The Balaban J connectivity index is 1.45. The highest BCUT2D eigenvalue weighted by Gasteiger charge is 2.43. The molecule has 2 fully saturated rings. The second kappa shape index (κ2) is 11.3. The summed E-state index contributed by atoms with van der Waals surface area (Å²) in [4.78, 5) is 0. The molecule has 33 heavy (non-hydrogen) atoms. The van der Waals surface area contributed by atoms with Gasteiger partial charge in [-0.2, -0.15) is 11.8 Å². The quantitative estimate of drug-likeness (QED) is 0.461. The summed E-state index contributed by atoms with van der Waals surface area (Å²) in [7, 11) is 0. The first kappa shape index (κ1) is 24.6. The van der Waals surface area contributed by atoms with E-state index < -0.39 is 30.3 Å². The van der Waals surface area contributed by atoms with Crippen molar-refractivity contribution in [2.24, 2.45) is 11.8 Å². The molecule has 0 aromatic heterocycles. The third-order valence-corrected chi connectivity index (χ3v) is 8.25. The average Bonchev–Trinajstić information content (AvgIpc) is 2.79. The minimum Gasteiger partial charge on any atom is -0.494 e. The van der Waals surface area contributed by atoms with Crippen LogP contribution in [0, 0.1) is 11.8 Å². The molecule has 0 aliphatic carbocycles. The molecule has 2 aromatic rings. The van der Waals surface area contributed by atoms with E-state index >= 15 is 0 Å². The van der Waals surface area contributed by atoms with Crippen LogP contribution in [0.15, 0.2) is 55.1 Å². The molecule has 0 spiro atoms. The van der Waals surface area contributed by atoms with Crippen molar-refractivity contribution in [3.8, 4) is 5.75 Å². The molecule has 2 aromatic carbocycles. The van der Waals surface area contributed by atoms with E-state index in [0.29, 0.717) is 11.4 Å². The van der Waals surface area contributed by atoms with Crippen LogP contribution in [0.3, 0.4) is 0 Å². The van der Waals surface area contributed by atoms with Crippen LogP contribution >= 0.6 is 23.4 Å². The molecule has 0 amide bonds. The number of benzene rings is 2. The van der Waals surface area contributed by atoms with Crippen molar-refractivity contribution in [2.45, 2.75) is 37.3 Å². The van der Waals surface area contributed by atoms with Gasteiger partial charge >= 0.3 is 0 Å². The van der Waals surface area contributed by atoms with Crippen LogP contribution in [-0.2, 0) is 11.2 Å². The molecule has 0 radical (unpaired) electrons. The Morgan fingerprint density at radius 2 is 1.88 bits per heavy atom. The number of hydrogen-bond donors (Lipinski definition) is 3. The molecule has 3 N–H and O–H groups in total. The van der Waals surface area contributed by atoms with E-state index in [0.717, 1.165) is 41.4 Å². The minimum atomic E-state index is -1.17. The van der Waals surface area contributed by atoms with E-state index in [1.54, 1.807) is 6.08 Å². The number of thioether (sulfide) groups is 1. The van der Waals surface area contributed by atoms with Crippen LogP contribution in [0.5, 0.6) is 5.75 Å². The number of aliphatic hydroxyl groups is 3. The van der Waals surface area contributed by atoms with Gasteiger partial charge in [0.05, 0.1) is 25.4 Å². The number of aliphatic hydroxyl groups excluding tert-OH is 3. The predicted octanol–water partition coefficient (Wildman–Crippen LogP) is 4.02. The van der Waals surface area contributed by atoms with Gasteiger partial charge < -0.3 is 24.8 Å². The summed E-state index contributed by atoms with van der Waals surface area (Å²) in [6, 6.07) is 13.7. The van der Waals surface area contributed by atoms with Crippen molar-refractivity contribution in [1.82, 2.24) is 0 Å². The number of halogens is 1. The summed E-state index contributed by atoms with van der Waals surface area (Å²) in [5.41, 5.74) is 2.85. The topological polar surface area (TPSA) is 79.2 Å². The summed E-state index contributed by atoms with van der Waals surface area (Å²) in [6.45, 7) is 4.17. The van der Waals surface area contributed by atoms with Crippen LogP contribution in [0.1, 0.15) is 29.2 Å². The van der Waals surface area contributed by atoms with E-state index in [1.807, 2.05) is 54.2 Å². The Kier molecular flexibility index (Phi) is 8.38. The first-order valence-corrected chi connectivity index (χ1v) is 12.9. The van der Waals surface area contributed by atoms with Crippen molar-refractivity contribution >= 4 is 23.4 Å². The first-order valence-electron chi connectivity index (χ1n) is 11.3. The maximum atomic E-state index is 10.5. The number of ether oxygens (including phenoxy) is 2. The molecule has 5 nitrogen and oxygen atoms in total. The molecule has 2 saturated heterocycles. The lowest BCUT2D eigenvalue weighted by Gasteiger charge is -2.41. The molecule has 2 heterocycles. The summed E-state index contributed by atoms with van der Waals surface area (Å²) < 4.78 is 11.8. The van der Waals surface area contributed by atoms with E-state index in [2.05, 4.69) is 6.58 Å². The van der Waals surface area contributed by atoms with Gasteiger partial charge in [-0.25, -0.2) is 0 Å². The molecule has 0 saturated carbocycles. The second-order valence-corrected chi connectivity index (χ2v) is 10.3. The van der Waals surface area contributed by atoms with E-state index in [-0.39, 0.29) is 6.61 Å². The second-order valence-electron chi connectivity index (χ2n) is 8.78. The molecule has 5 atom stereocenters. The Morgan fingerprint density at radius 1 is 1.12 bits per heavy atom. The molecule has 7 heteroatoms. The van der Waals surface area contributed by atoms with Crippen LogP contribution in [-0.4, -0.2) is 58.4 Å². The monoisotopic (exact) mass is 490 g/mol. The van der Waals surface area contributed by atoms with Gasteiger partial charge in [0.2, 0.25) is 0 Å². The summed E-state index contributed by atoms with van der Waals surface area (Å²) in [5, 5.41) is 30.9. The summed E-state index contributed by atoms with van der Waals surface area (Å²) >= 11 is 8.49. The first-order chi connectivity index (χ1) is 16.0. The van der Waals surface area contributed by atoms with Crippen molar-refractivity contribution in [3.05, 3.63) is 76.8 Å². The lowest BCUT2D eigenvalue weighted by Crippen LogP contribution is -2.52. The van der Waals surface area contributed by atoms with E-state index in [9.17, 15) is 15.3 Å². The maximum Gasteiger partial charge on any atom is 0.119 e. The van der Waals surface area contributed by atoms with Crippen molar-refractivity contribution in [3.63, 3.8) is 0 Å². The zero-order chi connectivity index (χ0) is 23.4. The lowest BCUT2D eigenvalue weighted by atomic mass is 9.83. The standard InChI is InChI=1S/C26H31ClO5S/c1-2-21-24(29)25(30)23(13-28)32-26(21)18-5-8-22(27)19(12-18)11-16-3-6-20(7-4-16)31-10-9-17-14-33-15-17/h2-8,12,17,21,23-26,28-30H,1,9-11,13-15H2/t21-,23-,24-,25-,26+/m1/s1. The molecule has 0 unspecified atom stereocenters. The Labute approximate surface area is 204 Å². The minimum absolute atomic E-state index is 0.382. The fourth-order valence-corrected chi connectivity index (χ4v) is 5.41. The third kappa shape index (κ3) is 5.76. The highest BCUT2D eigenvalue weighted by atomic mass is 35.5. The average molecular weight is 491 g/mol. The van der Waals surface area contributed by atoms with E-state index in [1.165, 1.54) is 11.5 Å². The van der Waals surface area contributed by atoms with Gasteiger partial charge in [-0.05, 0) is 65.2 Å². The van der Waals surface area contributed by atoms with Gasteiger partial charge in [-0.15, -0.1) is 6.58 Å². The van der Waals surface area contributed by atoms with Gasteiger partial charge in [-0.3, -0.25) is 0 Å². The fourth-order valence-electron chi connectivity index (χ4n) is 4.33. The third-order valence-electron chi connectivity index (χ3n) is 6.47. The highest BCUT2D eigenvalue weighted by molar-refractivity contribution is 8.00. The molecule has 178 valence electrons. The molecule has 4 rings (SSSR count). The zero-order valence-electron chi connectivity index (χ0n) is 18.5. The van der Waals surface area contributed by atoms with E-state index in [4.69, 9.17) is 21.1 Å². The molecule has 2 aliphatic heterocycles. The van der Waals surface area contributed by atoms with Crippen molar-refractivity contribution in [2.75, 3.05) is 24.7 Å². The molecule has 2 aliphatic rings. The van der Waals surface area contributed by atoms with Gasteiger partial charge in [0.15, 0.2) is 0 Å². The lowest BCUT2D eigenvalue weighted by molar-refractivity contribution is -0.201. The molecular formula is C26H31ClO5S. The zero-order valence-corrected chi connectivity index (χ0v) is 20.0. The summed E-state index contributed by atoms with van der Waals surface area (Å²) in [6.07, 6.45) is -0.332. The van der Waals surface area contributed by atoms with Gasteiger partial charge in [0.25, 0.3) is 0 Å². The van der Waals surface area contributed by atoms with Crippen molar-refractivity contribution < 1.29 is 24.8 Å². The van der Waals surface area contributed by atoms with Crippen LogP contribution in [0.25, 0.3) is 0 Å². The predicted molar refractivity (Wildman–Crippen MR) is 132 cm³/mol. The van der Waals surface area contributed by atoms with Crippen molar-refractivity contribution in [1.29, 1.82) is 0 Å². The maximum absolute atomic E-state index is 10.5. The normalized spacial score (nSPS) is 27.7. The number of rotatable bonds is 9. The van der Waals surface area contributed by atoms with Crippen LogP contribution < -0.4 is 4.74 Å². The van der Waals surface area contributed by atoms with Gasteiger partial charge in [-0.1, -0.05) is 41.9 Å². The SMILES string of the molecule is C=C[C@@H]1[C@@H](O)[C@H](O)[C@@H](CO)O[C@H]1c1ccc(Cl)c(Cc2ccc(OCCC3CSC3)cc2)c1. The number of hydrogen-bond acceptors (Lipinski definition) is 6.